The highest BCUT2D eigenvalue weighted by molar-refractivity contribution is 5.95. The van der Waals surface area contributed by atoms with Crippen molar-refractivity contribution in [1.29, 1.82) is 5.26 Å². The van der Waals surface area contributed by atoms with Crippen LogP contribution in [0.5, 0.6) is 0 Å². The van der Waals surface area contributed by atoms with Gasteiger partial charge in [-0.05, 0) is 25.3 Å². The fraction of sp³-hybridized carbons (Fsp3) is 0.556. The van der Waals surface area contributed by atoms with Gasteiger partial charge in [-0.2, -0.15) is 5.26 Å². The maximum Gasteiger partial charge on any atom is 0.199 e. The van der Waals surface area contributed by atoms with Crippen molar-refractivity contribution in [3.05, 3.63) is 11.8 Å². The summed E-state index contributed by atoms with van der Waals surface area (Å²) < 4.78 is 0. The van der Waals surface area contributed by atoms with E-state index in [9.17, 15) is 4.79 Å². The number of aliphatic hydroxyl groups excluding tert-OH is 1. The van der Waals surface area contributed by atoms with Crippen LogP contribution in [-0.2, 0) is 4.79 Å². The quantitative estimate of drug-likeness (QED) is 0.677. The Hall–Kier alpha value is -1.30. The summed E-state index contributed by atoms with van der Waals surface area (Å²) in [6, 6.07) is 2.00. The molecule has 1 atom stereocenters. The van der Waals surface area contributed by atoms with E-state index in [1.54, 1.807) is 6.08 Å². The Morgan fingerprint density at radius 2 is 2.50 bits per heavy atom. The Morgan fingerprint density at radius 3 is 3.17 bits per heavy atom. The van der Waals surface area contributed by atoms with Gasteiger partial charge in [-0.1, -0.05) is 0 Å². The number of nitrogens with zero attached hydrogens (tertiary/aromatic N) is 1. The molecule has 1 rings (SSSR count). The van der Waals surface area contributed by atoms with Gasteiger partial charge in [0.15, 0.2) is 11.5 Å². The largest absolute Gasteiger partial charge is 0.505 e. The molecule has 0 heterocycles. The molecule has 0 aromatic heterocycles. The first-order chi connectivity index (χ1) is 5.75. The molecule has 0 aliphatic heterocycles. The molecule has 1 unspecified atom stereocenters. The monoisotopic (exact) mass is 165 g/mol. The molecule has 0 bridgehead atoms. The normalized spacial score (nSPS) is 23.1. The number of allylic oxidation sites excluding steroid dienone is 2. The maximum absolute atomic E-state index is 11.2. The molecule has 0 saturated heterocycles. The summed E-state index contributed by atoms with van der Waals surface area (Å²) in [5.41, 5.74) is 0. The van der Waals surface area contributed by atoms with Crippen LogP contribution in [0.4, 0.5) is 0 Å². The maximum atomic E-state index is 11.2. The van der Waals surface area contributed by atoms with Gasteiger partial charge >= 0.3 is 0 Å². The zero-order valence-corrected chi connectivity index (χ0v) is 6.79. The van der Waals surface area contributed by atoms with Crippen LogP contribution in [-0.4, -0.2) is 10.9 Å². The summed E-state index contributed by atoms with van der Waals surface area (Å²) in [6.45, 7) is 0. The third kappa shape index (κ3) is 1.85. The predicted octanol–water partition coefficient (Wildman–Crippen LogP) is 1.71. The third-order valence-corrected chi connectivity index (χ3v) is 2.08. The van der Waals surface area contributed by atoms with E-state index in [0.29, 0.717) is 12.8 Å². The van der Waals surface area contributed by atoms with Gasteiger partial charge in [-0.25, -0.2) is 0 Å². The number of aliphatic hydroxyl groups is 1. The van der Waals surface area contributed by atoms with Gasteiger partial charge in [0, 0.05) is 12.3 Å². The minimum Gasteiger partial charge on any atom is -0.505 e. The van der Waals surface area contributed by atoms with E-state index in [1.165, 1.54) is 0 Å². The minimum absolute atomic E-state index is 0.121. The first kappa shape index (κ1) is 8.79. The zero-order chi connectivity index (χ0) is 8.97. The Kier molecular flexibility index (Phi) is 2.87. The lowest BCUT2D eigenvalue weighted by Gasteiger charge is -2.16. The average Bonchev–Trinajstić information content (AvgIpc) is 2.08. The van der Waals surface area contributed by atoms with E-state index in [4.69, 9.17) is 10.4 Å². The summed E-state index contributed by atoms with van der Waals surface area (Å²) in [4.78, 5) is 11.2. The van der Waals surface area contributed by atoms with Crippen molar-refractivity contribution < 1.29 is 9.90 Å². The van der Waals surface area contributed by atoms with E-state index >= 15 is 0 Å². The molecular weight excluding hydrogens is 154 g/mol. The molecule has 0 spiro atoms. The number of carbonyl (C=O) groups excluding carboxylic acids is 1. The van der Waals surface area contributed by atoms with Gasteiger partial charge in [0.2, 0.25) is 0 Å². The van der Waals surface area contributed by atoms with Crippen molar-refractivity contribution in [2.24, 2.45) is 5.92 Å². The highest BCUT2D eigenvalue weighted by Gasteiger charge is 2.24. The molecule has 1 N–H and O–H groups in total. The lowest BCUT2D eigenvalue weighted by atomic mass is 9.88. The number of hydrogen-bond acceptors (Lipinski definition) is 3. The van der Waals surface area contributed by atoms with Gasteiger partial charge in [0.1, 0.15) is 0 Å². The van der Waals surface area contributed by atoms with E-state index in [2.05, 4.69) is 0 Å². The summed E-state index contributed by atoms with van der Waals surface area (Å²) in [5.74, 6) is -0.449. The molecule has 1 aliphatic rings. The molecule has 0 saturated carbocycles. The lowest BCUT2D eigenvalue weighted by Crippen LogP contribution is -2.19. The molecule has 3 heteroatoms. The second kappa shape index (κ2) is 3.91. The Balaban J connectivity index is 2.52. The summed E-state index contributed by atoms with van der Waals surface area (Å²) in [5, 5.41) is 17.4. The van der Waals surface area contributed by atoms with Gasteiger partial charge in [-0.3, -0.25) is 4.79 Å². The van der Waals surface area contributed by atoms with E-state index < -0.39 is 0 Å². The van der Waals surface area contributed by atoms with Crippen molar-refractivity contribution in [2.45, 2.75) is 25.7 Å². The highest BCUT2D eigenvalue weighted by atomic mass is 16.3. The third-order valence-electron chi connectivity index (χ3n) is 2.08. The molecule has 0 aromatic carbocycles. The van der Waals surface area contributed by atoms with Crippen LogP contribution in [0.3, 0.4) is 0 Å². The fourth-order valence-corrected chi connectivity index (χ4v) is 1.38. The number of nitriles is 1. The van der Waals surface area contributed by atoms with Crippen molar-refractivity contribution in [3.63, 3.8) is 0 Å². The van der Waals surface area contributed by atoms with Gasteiger partial charge < -0.3 is 5.11 Å². The number of ketones is 1. The highest BCUT2D eigenvalue weighted by Crippen LogP contribution is 2.22. The number of carbonyl (C=O) groups is 1. The van der Waals surface area contributed by atoms with Crippen LogP contribution >= 0.6 is 0 Å². The van der Waals surface area contributed by atoms with Crippen LogP contribution in [0.15, 0.2) is 11.8 Å². The standard InChI is InChI=1S/C9H11NO2/c10-6-2-4-7-3-1-5-8(11)9(7)12/h5,7,11H,1-4H2. The predicted molar refractivity (Wildman–Crippen MR) is 43.3 cm³/mol. The van der Waals surface area contributed by atoms with E-state index in [0.717, 1.165) is 12.8 Å². The van der Waals surface area contributed by atoms with Crippen LogP contribution in [0, 0.1) is 17.2 Å². The molecule has 0 radical (unpaired) electrons. The fourth-order valence-electron chi connectivity index (χ4n) is 1.38. The summed E-state index contributed by atoms with van der Waals surface area (Å²) in [7, 11) is 0. The number of rotatable bonds is 2. The van der Waals surface area contributed by atoms with Gasteiger partial charge in [0.05, 0.1) is 6.07 Å². The van der Waals surface area contributed by atoms with E-state index in [1.807, 2.05) is 6.07 Å². The second-order valence-electron chi connectivity index (χ2n) is 2.92. The SMILES string of the molecule is N#CCCC1CCC=C(O)C1=O. The molecule has 12 heavy (non-hydrogen) atoms. The summed E-state index contributed by atoms with van der Waals surface area (Å²) in [6.07, 6.45) is 4.03. The van der Waals surface area contributed by atoms with Crippen molar-refractivity contribution in [3.8, 4) is 6.07 Å². The molecule has 0 aromatic rings. The van der Waals surface area contributed by atoms with E-state index in [-0.39, 0.29) is 17.5 Å². The second-order valence-corrected chi connectivity index (χ2v) is 2.92. The molecule has 64 valence electrons. The number of hydrogen-bond donors (Lipinski definition) is 1. The molecular formula is C9H11NO2. The van der Waals surface area contributed by atoms with Crippen LogP contribution in [0.2, 0.25) is 0 Å². The van der Waals surface area contributed by atoms with Crippen molar-refractivity contribution >= 4 is 5.78 Å². The number of Topliss-reactive ketones (excluding diaryl/α,β-unsaturated/α-hetero) is 1. The lowest BCUT2D eigenvalue weighted by molar-refractivity contribution is -0.122. The van der Waals surface area contributed by atoms with Crippen LogP contribution < -0.4 is 0 Å². The molecule has 0 amide bonds. The molecule has 1 aliphatic carbocycles. The average molecular weight is 165 g/mol. The Bertz CT molecular complexity index is 250. The van der Waals surface area contributed by atoms with Crippen molar-refractivity contribution in [2.75, 3.05) is 0 Å². The van der Waals surface area contributed by atoms with Crippen LogP contribution in [0.25, 0.3) is 0 Å². The first-order valence-electron chi connectivity index (χ1n) is 4.06. The topological polar surface area (TPSA) is 61.1 Å². The summed E-state index contributed by atoms with van der Waals surface area (Å²) >= 11 is 0. The van der Waals surface area contributed by atoms with Crippen LogP contribution in [0.1, 0.15) is 25.7 Å². The Labute approximate surface area is 71.3 Å². The van der Waals surface area contributed by atoms with Gasteiger partial charge in [0.25, 0.3) is 0 Å². The molecule has 3 nitrogen and oxygen atoms in total. The minimum atomic E-state index is -0.198. The Morgan fingerprint density at radius 1 is 1.75 bits per heavy atom. The van der Waals surface area contributed by atoms with Gasteiger partial charge in [-0.15, -0.1) is 0 Å². The molecule has 0 fully saturated rings. The smallest absolute Gasteiger partial charge is 0.199 e. The zero-order valence-electron chi connectivity index (χ0n) is 6.79. The first-order valence-corrected chi connectivity index (χ1v) is 4.06. The van der Waals surface area contributed by atoms with Crippen molar-refractivity contribution in [1.82, 2.24) is 0 Å².